The summed E-state index contributed by atoms with van der Waals surface area (Å²) in [6.07, 6.45) is 6.77. The first-order chi connectivity index (χ1) is 17.0. The molecule has 1 saturated heterocycles. The second kappa shape index (κ2) is 11.4. The van der Waals surface area contributed by atoms with E-state index in [1.165, 1.54) is 37.3 Å². The fraction of sp³-hybridized carbons (Fsp3) is 0.286. The lowest BCUT2D eigenvalue weighted by molar-refractivity contribution is -0.118. The molecule has 4 rings (SSSR count). The smallest absolute Gasteiger partial charge is 0.268 e. The van der Waals surface area contributed by atoms with Crippen molar-refractivity contribution < 1.29 is 18.7 Å². The van der Waals surface area contributed by atoms with Crippen molar-refractivity contribution in [3.63, 3.8) is 0 Å². The van der Waals surface area contributed by atoms with Crippen LogP contribution in [0.4, 0.5) is 5.69 Å². The summed E-state index contributed by atoms with van der Waals surface area (Å²) >= 11 is 0. The van der Waals surface area contributed by atoms with Crippen molar-refractivity contribution in [3.05, 3.63) is 89.5 Å². The number of carbonyl (C=O) groups is 2. The number of ether oxygens (including phenoxy) is 1. The van der Waals surface area contributed by atoms with E-state index >= 15 is 0 Å². The molecular weight excluding hydrogens is 442 g/mol. The van der Waals surface area contributed by atoms with Gasteiger partial charge in [-0.15, -0.1) is 0 Å². The Kier molecular flexibility index (Phi) is 7.88. The van der Waals surface area contributed by atoms with Gasteiger partial charge in [0.25, 0.3) is 11.8 Å². The SMILES string of the molecule is COc1ccc(C(=O)N/C(=C\c2ccco2)C(=O)N[C@H](C)c2ccc(N3CCCCC3)cc2)cc1. The summed E-state index contributed by atoms with van der Waals surface area (Å²) in [7, 11) is 1.56. The van der Waals surface area contributed by atoms with Gasteiger partial charge in [0, 0.05) is 30.4 Å². The predicted molar refractivity (Wildman–Crippen MR) is 136 cm³/mol. The normalized spacial score (nSPS) is 14.8. The molecule has 1 aliphatic heterocycles. The number of furan rings is 1. The predicted octanol–water partition coefficient (Wildman–Crippen LogP) is 4.93. The third kappa shape index (κ3) is 6.32. The molecular formula is C28H31N3O4. The number of amides is 2. The van der Waals surface area contributed by atoms with E-state index in [1.807, 2.05) is 19.1 Å². The molecule has 1 aliphatic rings. The zero-order chi connectivity index (χ0) is 24.6. The standard InChI is InChI=1S/C28H31N3O4/c1-20(21-8-12-23(13-9-21)31-16-4-3-5-17-31)29-28(33)26(19-25-7-6-18-35-25)30-27(32)22-10-14-24(34-2)15-11-22/h6-15,18-20H,3-5,16-17H2,1-2H3,(H,29,33)(H,30,32)/b26-19-/t20-/m1/s1. The summed E-state index contributed by atoms with van der Waals surface area (Å²) in [6.45, 7) is 4.09. The maximum Gasteiger partial charge on any atom is 0.268 e. The number of anilines is 1. The van der Waals surface area contributed by atoms with Crippen LogP contribution in [0, 0.1) is 0 Å². The largest absolute Gasteiger partial charge is 0.497 e. The summed E-state index contributed by atoms with van der Waals surface area (Å²) in [5.74, 6) is 0.296. The van der Waals surface area contributed by atoms with Crippen molar-refractivity contribution >= 4 is 23.6 Å². The molecule has 0 bridgehead atoms. The van der Waals surface area contributed by atoms with Crippen LogP contribution in [-0.4, -0.2) is 32.0 Å². The van der Waals surface area contributed by atoms with Crippen LogP contribution in [-0.2, 0) is 4.79 Å². The van der Waals surface area contributed by atoms with E-state index < -0.39 is 11.8 Å². The Morgan fingerprint density at radius 2 is 1.71 bits per heavy atom. The van der Waals surface area contributed by atoms with E-state index in [1.54, 1.807) is 43.5 Å². The number of benzene rings is 2. The van der Waals surface area contributed by atoms with Crippen LogP contribution in [0.3, 0.4) is 0 Å². The number of nitrogens with one attached hydrogen (secondary N) is 2. The summed E-state index contributed by atoms with van der Waals surface area (Å²) < 4.78 is 10.5. The molecule has 182 valence electrons. The van der Waals surface area contributed by atoms with E-state index in [-0.39, 0.29) is 11.7 Å². The first kappa shape index (κ1) is 24.1. The second-order valence-electron chi connectivity index (χ2n) is 8.59. The highest BCUT2D eigenvalue weighted by Gasteiger charge is 2.19. The average molecular weight is 474 g/mol. The molecule has 0 saturated carbocycles. The number of piperidine rings is 1. The van der Waals surface area contributed by atoms with Gasteiger partial charge in [0.05, 0.1) is 19.4 Å². The van der Waals surface area contributed by atoms with Gasteiger partial charge < -0.3 is 24.7 Å². The van der Waals surface area contributed by atoms with Gasteiger partial charge in [-0.05, 0) is 80.3 Å². The minimum atomic E-state index is -0.407. The van der Waals surface area contributed by atoms with Gasteiger partial charge in [-0.2, -0.15) is 0 Å². The summed E-state index contributed by atoms with van der Waals surface area (Å²) in [5, 5.41) is 5.71. The number of methoxy groups -OCH3 is 1. The number of hydrogen-bond acceptors (Lipinski definition) is 5. The molecule has 0 spiro atoms. The molecule has 1 aromatic heterocycles. The molecule has 1 fully saturated rings. The van der Waals surface area contributed by atoms with Gasteiger partial charge in [-0.3, -0.25) is 9.59 Å². The fourth-order valence-corrected chi connectivity index (χ4v) is 4.09. The summed E-state index contributed by atoms with van der Waals surface area (Å²) in [4.78, 5) is 28.4. The lowest BCUT2D eigenvalue weighted by atomic mass is 10.1. The maximum atomic E-state index is 13.2. The number of hydrogen-bond donors (Lipinski definition) is 2. The van der Waals surface area contributed by atoms with E-state index in [4.69, 9.17) is 9.15 Å². The summed E-state index contributed by atoms with van der Waals surface area (Å²) in [6, 6.07) is 18.2. The molecule has 2 amide bonds. The Bertz CT molecular complexity index is 1150. The van der Waals surface area contributed by atoms with Crippen LogP contribution in [0.5, 0.6) is 5.75 Å². The third-order valence-electron chi connectivity index (χ3n) is 6.14. The fourth-order valence-electron chi connectivity index (χ4n) is 4.09. The van der Waals surface area contributed by atoms with Crippen molar-refractivity contribution in [2.75, 3.05) is 25.1 Å². The maximum absolute atomic E-state index is 13.2. The molecule has 0 unspecified atom stereocenters. The summed E-state index contributed by atoms with van der Waals surface area (Å²) in [5.41, 5.74) is 2.69. The Hall–Kier alpha value is -4.00. The minimum Gasteiger partial charge on any atom is -0.497 e. The average Bonchev–Trinajstić information content (AvgIpc) is 3.42. The van der Waals surface area contributed by atoms with Crippen molar-refractivity contribution in [1.82, 2.24) is 10.6 Å². The van der Waals surface area contributed by atoms with Crippen LogP contribution >= 0.6 is 0 Å². The highest BCUT2D eigenvalue weighted by molar-refractivity contribution is 6.05. The lowest BCUT2D eigenvalue weighted by Gasteiger charge is -2.29. The monoisotopic (exact) mass is 473 g/mol. The van der Waals surface area contributed by atoms with E-state index in [2.05, 4.69) is 27.7 Å². The van der Waals surface area contributed by atoms with Gasteiger partial charge >= 0.3 is 0 Å². The molecule has 2 heterocycles. The Labute approximate surface area is 205 Å². The van der Waals surface area contributed by atoms with Crippen molar-refractivity contribution in [2.24, 2.45) is 0 Å². The minimum absolute atomic E-state index is 0.0950. The number of nitrogens with zero attached hydrogens (tertiary/aromatic N) is 1. The number of rotatable bonds is 8. The Balaban J connectivity index is 1.46. The van der Waals surface area contributed by atoms with E-state index in [9.17, 15) is 9.59 Å². The van der Waals surface area contributed by atoms with Gasteiger partial charge in [-0.1, -0.05) is 12.1 Å². The highest BCUT2D eigenvalue weighted by atomic mass is 16.5. The molecule has 3 aromatic rings. The van der Waals surface area contributed by atoms with Crippen molar-refractivity contribution in [2.45, 2.75) is 32.2 Å². The second-order valence-corrected chi connectivity index (χ2v) is 8.59. The molecule has 1 atom stereocenters. The molecule has 2 N–H and O–H groups in total. The van der Waals surface area contributed by atoms with Gasteiger partial charge in [0.1, 0.15) is 17.2 Å². The van der Waals surface area contributed by atoms with Gasteiger partial charge in [0.2, 0.25) is 0 Å². The molecule has 0 radical (unpaired) electrons. The number of carbonyl (C=O) groups excluding carboxylic acids is 2. The molecule has 7 nitrogen and oxygen atoms in total. The van der Waals surface area contributed by atoms with E-state index in [0.29, 0.717) is 17.1 Å². The first-order valence-electron chi connectivity index (χ1n) is 11.9. The zero-order valence-corrected chi connectivity index (χ0v) is 20.1. The van der Waals surface area contributed by atoms with Crippen molar-refractivity contribution in [1.29, 1.82) is 0 Å². The zero-order valence-electron chi connectivity index (χ0n) is 20.1. The quantitative estimate of drug-likeness (QED) is 0.454. The topological polar surface area (TPSA) is 83.8 Å². The third-order valence-corrected chi connectivity index (χ3v) is 6.14. The van der Waals surface area contributed by atoms with E-state index in [0.717, 1.165) is 18.7 Å². The first-order valence-corrected chi connectivity index (χ1v) is 11.9. The molecule has 35 heavy (non-hydrogen) atoms. The van der Waals surface area contributed by atoms with Crippen molar-refractivity contribution in [3.8, 4) is 5.75 Å². The Morgan fingerprint density at radius 1 is 1.00 bits per heavy atom. The van der Waals surface area contributed by atoms with Crippen LogP contribution in [0.25, 0.3) is 6.08 Å². The van der Waals surface area contributed by atoms with Crippen LogP contribution in [0.2, 0.25) is 0 Å². The van der Waals surface area contributed by atoms with Crippen LogP contribution in [0.1, 0.15) is 53.9 Å². The van der Waals surface area contributed by atoms with Crippen LogP contribution < -0.4 is 20.3 Å². The molecule has 7 heteroatoms. The van der Waals surface area contributed by atoms with Gasteiger partial charge in [-0.25, -0.2) is 0 Å². The lowest BCUT2D eigenvalue weighted by Crippen LogP contribution is -2.36. The molecule has 0 aliphatic carbocycles. The Morgan fingerprint density at radius 3 is 2.34 bits per heavy atom. The highest BCUT2D eigenvalue weighted by Crippen LogP contribution is 2.23. The molecule has 2 aromatic carbocycles. The van der Waals surface area contributed by atoms with Crippen LogP contribution in [0.15, 0.2) is 77.0 Å². The van der Waals surface area contributed by atoms with Gasteiger partial charge in [0.15, 0.2) is 0 Å².